The predicted octanol–water partition coefficient (Wildman–Crippen LogP) is 2.34. The number of carbonyl (C=O) groups is 1. The predicted molar refractivity (Wildman–Crippen MR) is 88.8 cm³/mol. The maximum atomic E-state index is 12.5. The van der Waals surface area contributed by atoms with Crippen LogP contribution in [0, 0.1) is 0 Å². The van der Waals surface area contributed by atoms with Crippen LogP contribution in [0.5, 0.6) is 0 Å². The van der Waals surface area contributed by atoms with Crippen molar-refractivity contribution < 1.29 is 4.79 Å². The van der Waals surface area contributed by atoms with Crippen LogP contribution in [0.2, 0.25) is 0 Å². The molecule has 124 valence electrons. The first-order chi connectivity index (χ1) is 10.5. The molecule has 0 bridgehead atoms. The monoisotopic (exact) mass is 306 g/mol. The standard InChI is InChI=1S/C17H30N4O/c1-5-14(2)21-12-10-18-16(21)8-9-17(22)20-11-6-7-15(13-20)19(3)4/h10,12,14-15H,5-9,11,13H2,1-4H3. The molecule has 0 radical (unpaired) electrons. The van der Waals surface area contributed by atoms with Gasteiger partial charge in [-0.3, -0.25) is 4.79 Å². The van der Waals surface area contributed by atoms with Crippen molar-refractivity contribution in [3.63, 3.8) is 0 Å². The molecule has 1 aliphatic rings. The highest BCUT2D eigenvalue weighted by molar-refractivity contribution is 5.76. The lowest BCUT2D eigenvalue weighted by atomic mass is 10.0. The van der Waals surface area contributed by atoms with E-state index in [2.05, 4.69) is 42.4 Å². The molecule has 2 rings (SSSR count). The first-order valence-corrected chi connectivity index (χ1v) is 8.48. The Hall–Kier alpha value is -1.36. The molecule has 1 saturated heterocycles. The molecule has 0 N–H and O–H groups in total. The first kappa shape index (κ1) is 17.0. The molecular weight excluding hydrogens is 276 g/mol. The number of hydrogen-bond donors (Lipinski definition) is 0. The second-order valence-electron chi connectivity index (χ2n) is 6.61. The van der Waals surface area contributed by atoms with Gasteiger partial charge in [0.25, 0.3) is 0 Å². The summed E-state index contributed by atoms with van der Waals surface area (Å²) in [5, 5.41) is 0. The van der Waals surface area contributed by atoms with Crippen LogP contribution in [-0.4, -0.2) is 58.5 Å². The molecule has 2 atom stereocenters. The Bertz CT molecular complexity index is 483. The van der Waals surface area contributed by atoms with E-state index in [0.717, 1.165) is 38.2 Å². The summed E-state index contributed by atoms with van der Waals surface area (Å²) < 4.78 is 2.20. The van der Waals surface area contributed by atoms with Crippen LogP contribution in [0.3, 0.4) is 0 Å². The largest absolute Gasteiger partial charge is 0.341 e. The molecule has 1 aromatic heterocycles. The minimum Gasteiger partial charge on any atom is -0.341 e. The zero-order valence-electron chi connectivity index (χ0n) is 14.5. The number of likely N-dealkylation sites (N-methyl/N-ethyl adjacent to an activating group) is 1. The van der Waals surface area contributed by atoms with Crippen molar-refractivity contribution in [1.29, 1.82) is 0 Å². The van der Waals surface area contributed by atoms with Gasteiger partial charge < -0.3 is 14.4 Å². The van der Waals surface area contributed by atoms with Crippen molar-refractivity contribution in [3.05, 3.63) is 18.2 Å². The van der Waals surface area contributed by atoms with E-state index in [1.165, 1.54) is 6.42 Å². The number of imidazole rings is 1. The Morgan fingerprint density at radius 3 is 2.95 bits per heavy atom. The van der Waals surface area contributed by atoms with E-state index < -0.39 is 0 Å². The molecule has 2 heterocycles. The van der Waals surface area contributed by atoms with Crippen LogP contribution in [0.1, 0.15) is 51.4 Å². The highest BCUT2D eigenvalue weighted by Crippen LogP contribution is 2.17. The van der Waals surface area contributed by atoms with Gasteiger partial charge in [0.15, 0.2) is 0 Å². The number of rotatable bonds is 6. The molecule has 0 spiro atoms. The third-order valence-corrected chi connectivity index (χ3v) is 4.86. The normalized spacial score (nSPS) is 20.4. The van der Waals surface area contributed by atoms with Gasteiger partial charge in [-0.05, 0) is 40.3 Å². The van der Waals surface area contributed by atoms with Crippen LogP contribution in [-0.2, 0) is 11.2 Å². The van der Waals surface area contributed by atoms with Gasteiger partial charge in [0, 0.05) is 50.4 Å². The summed E-state index contributed by atoms with van der Waals surface area (Å²) >= 11 is 0. The Morgan fingerprint density at radius 1 is 1.50 bits per heavy atom. The van der Waals surface area contributed by atoms with Gasteiger partial charge in [0.05, 0.1) is 0 Å². The number of carbonyl (C=O) groups excluding carboxylic acids is 1. The van der Waals surface area contributed by atoms with Crippen LogP contribution in [0.15, 0.2) is 12.4 Å². The number of piperidine rings is 1. The second kappa shape index (κ2) is 7.77. The van der Waals surface area contributed by atoms with Gasteiger partial charge in [-0.15, -0.1) is 0 Å². The van der Waals surface area contributed by atoms with Gasteiger partial charge in [-0.25, -0.2) is 4.98 Å². The molecular formula is C17H30N4O. The van der Waals surface area contributed by atoms with Crippen molar-refractivity contribution >= 4 is 5.91 Å². The van der Waals surface area contributed by atoms with Crippen molar-refractivity contribution in [3.8, 4) is 0 Å². The quantitative estimate of drug-likeness (QED) is 0.810. The number of amides is 1. The number of aryl methyl sites for hydroxylation is 1. The van der Waals surface area contributed by atoms with Gasteiger partial charge in [0.1, 0.15) is 5.82 Å². The van der Waals surface area contributed by atoms with Crippen LogP contribution >= 0.6 is 0 Å². The summed E-state index contributed by atoms with van der Waals surface area (Å²) in [6.45, 7) is 6.14. The fraction of sp³-hybridized carbons (Fsp3) is 0.765. The number of hydrogen-bond acceptors (Lipinski definition) is 3. The van der Waals surface area contributed by atoms with E-state index >= 15 is 0 Å². The van der Waals surface area contributed by atoms with E-state index in [9.17, 15) is 4.79 Å². The van der Waals surface area contributed by atoms with Crippen molar-refractivity contribution in [2.24, 2.45) is 0 Å². The highest BCUT2D eigenvalue weighted by atomic mass is 16.2. The van der Waals surface area contributed by atoms with Crippen LogP contribution in [0.25, 0.3) is 0 Å². The van der Waals surface area contributed by atoms with Crippen molar-refractivity contribution in [2.45, 2.75) is 58.0 Å². The first-order valence-electron chi connectivity index (χ1n) is 8.48. The second-order valence-corrected chi connectivity index (χ2v) is 6.61. The molecule has 0 aliphatic carbocycles. The maximum absolute atomic E-state index is 12.5. The van der Waals surface area contributed by atoms with E-state index in [1.807, 2.05) is 17.3 Å². The minimum atomic E-state index is 0.269. The van der Waals surface area contributed by atoms with E-state index in [-0.39, 0.29) is 5.91 Å². The minimum absolute atomic E-state index is 0.269. The molecule has 5 heteroatoms. The third kappa shape index (κ3) is 4.09. The Balaban J connectivity index is 1.89. The van der Waals surface area contributed by atoms with Gasteiger partial charge in [-0.2, -0.15) is 0 Å². The fourth-order valence-electron chi connectivity index (χ4n) is 3.12. The van der Waals surface area contributed by atoms with Crippen LogP contribution in [0.4, 0.5) is 0 Å². The topological polar surface area (TPSA) is 41.4 Å². The molecule has 0 saturated carbocycles. The molecule has 1 aliphatic heterocycles. The number of likely N-dealkylation sites (tertiary alicyclic amines) is 1. The average molecular weight is 306 g/mol. The fourth-order valence-corrected chi connectivity index (χ4v) is 3.12. The van der Waals surface area contributed by atoms with E-state index in [4.69, 9.17) is 0 Å². The molecule has 1 aromatic rings. The summed E-state index contributed by atoms with van der Waals surface area (Å²) in [7, 11) is 4.20. The maximum Gasteiger partial charge on any atom is 0.223 e. The van der Waals surface area contributed by atoms with Crippen LogP contribution < -0.4 is 0 Å². The lowest BCUT2D eigenvalue weighted by Gasteiger charge is -2.36. The smallest absolute Gasteiger partial charge is 0.223 e. The molecule has 22 heavy (non-hydrogen) atoms. The summed E-state index contributed by atoms with van der Waals surface area (Å²) in [4.78, 5) is 21.2. The molecule has 2 unspecified atom stereocenters. The zero-order chi connectivity index (χ0) is 16.1. The molecule has 1 fully saturated rings. The Labute approximate surface area is 134 Å². The summed E-state index contributed by atoms with van der Waals surface area (Å²) in [5.41, 5.74) is 0. The van der Waals surface area contributed by atoms with E-state index in [0.29, 0.717) is 18.5 Å². The zero-order valence-corrected chi connectivity index (χ0v) is 14.5. The Morgan fingerprint density at radius 2 is 2.27 bits per heavy atom. The van der Waals surface area contributed by atoms with E-state index in [1.54, 1.807) is 0 Å². The third-order valence-electron chi connectivity index (χ3n) is 4.86. The SMILES string of the molecule is CCC(C)n1ccnc1CCC(=O)N1CCCC(N(C)C)C1. The van der Waals surface area contributed by atoms with Gasteiger partial charge in [-0.1, -0.05) is 6.92 Å². The number of aromatic nitrogens is 2. The van der Waals surface area contributed by atoms with Gasteiger partial charge >= 0.3 is 0 Å². The Kier molecular flexibility index (Phi) is 6.00. The summed E-state index contributed by atoms with van der Waals surface area (Å²) in [6.07, 6.45) is 8.54. The van der Waals surface area contributed by atoms with Gasteiger partial charge in [0.2, 0.25) is 5.91 Å². The van der Waals surface area contributed by atoms with Crippen molar-refractivity contribution in [2.75, 3.05) is 27.2 Å². The number of nitrogens with zero attached hydrogens (tertiary/aromatic N) is 4. The molecule has 5 nitrogen and oxygen atoms in total. The lowest BCUT2D eigenvalue weighted by molar-refractivity contribution is -0.133. The lowest BCUT2D eigenvalue weighted by Crippen LogP contribution is -2.47. The molecule has 0 aromatic carbocycles. The molecule has 1 amide bonds. The average Bonchev–Trinajstić information content (AvgIpc) is 3.00. The highest BCUT2D eigenvalue weighted by Gasteiger charge is 2.24. The van der Waals surface area contributed by atoms with Crippen molar-refractivity contribution in [1.82, 2.24) is 19.4 Å². The summed E-state index contributed by atoms with van der Waals surface area (Å²) in [5.74, 6) is 1.30. The summed E-state index contributed by atoms with van der Waals surface area (Å²) in [6, 6.07) is 0.945.